The molecular formula is C20H29N3OS2. The molecule has 0 aliphatic rings. The summed E-state index contributed by atoms with van der Waals surface area (Å²) >= 11 is 3.54. The number of hydrogen-bond acceptors (Lipinski definition) is 4. The van der Waals surface area contributed by atoms with Gasteiger partial charge < -0.3 is 15.5 Å². The molecule has 26 heavy (non-hydrogen) atoms. The number of carbonyl (C=O) groups is 1. The zero-order chi connectivity index (χ0) is 19.1. The Morgan fingerprint density at radius 3 is 2.65 bits per heavy atom. The molecule has 0 aliphatic carbocycles. The number of rotatable bonds is 8. The smallest absolute Gasteiger partial charge is 0.319 e. The predicted molar refractivity (Wildman–Crippen MR) is 115 cm³/mol. The van der Waals surface area contributed by atoms with Gasteiger partial charge in [0.05, 0.1) is 6.04 Å². The van der Waals surface area contributed by atoms with Crippen LogP contribution in [0.15, 0.2) is 39.9 Å². The van der Waals surface area contributed by atoms with Gasteiger partial charge in [-0.05, 0) is 73.6 Å². The molecule has 0 saturated heterocycles. The number of carbonyl (C=O) groups excluding carboxylic acids is 1. The van der Waals surface area contributed by atoms with E-state index < -0.39 is 0 Å². The molecule has 0 aliphatic heterocycles. The van der Waals surface area contributed by atoms with Crippen molar-refractivity contribution in [2.24, 2.45) is 0 Å². The Kier molecular flexibility index (Phi) is 8.00. The van der Waals surface area contributed by atoms with Gasteiger partial charge in [-0.2, -0.15) is 11.3 Å². The molecule has 2 atom stereocenters. The minimum absolute atomic E-state index is 0.169. The average molecular weight is 392 g/mol. The molecule has 2 unspecified atom stereocenters. The average Bonchev–Trinajstić information content (AvgIpc) is 3.11. The Morgan fingerprint density at radius 1 is 1.31 bits per heavy atom. The molecule has 2 amide bonds. The normalized spacial score (nSPS) is 13.5. The first-order chi connectivity index (χ1) is 12.4. The summed E-state index contributed by atoms with van der Waals surface area (Å²) in [6.45, 7) is 7.02. The van der Waals surface area contributed by atoms with Crippen molar-refractivity contribution in [1.29, 1.82) is 0 Å². The second kappa shape index (κ2) is 10.00. The number of thioether (sulfide) groups is 1. The Labute approximate surface area is 165 Å². The lowest BCUT2D eigenvalue weighted by atomic mass is 10.1. The van der Waals surface area contributed by atoms with Crippen LogP contribution in [0.1, 0.15) is 37.4 Å². The molecule has 0 radical (unpaired) electrons. The number of hydrogen-bond donors (Lipinski definition) is 2. The largest absolute Gasteiger partial charge is 0.336 e. The zero-order valence-corrected chi connectivity index (χ0v) is 17.8. The Morgan fingerprint density at radius 2 is 2.08 bits per heavy atom. The number of likely N-dealkylation sites (N-methyl/N-ethyl adjacent to an activating group) is 1. The first-order valence-corrected chi connectivity index (χ1v) is 10.7. The second-order valence-electron chi connectivity index (χ2n) is 6.68. The lowest BCUT2D eigenvalue weighted by molar-refractivity contribution is 0.243. The highest BCUT2D eigenvalue weighted by Gasteiger charge is 2.16. The molecule has 1 heterocycles. The lowest BCUT2D eigenvalue weighted by Crippen LogP contribution is -2.36. The van der Waals surface area contributed by atoms with Crippen LogP contribution in [0.2, 0.25) is 0 Å². The van der Waals surface area contributed by atoms with Crippen LogP contribution in [0, 0.1) is 6.92 Å². The van der Waals surface area contributed by atoms with Crippen molar-refractivity contribution in [3.63, 3.8) is 0 Å². The Bertz CT molecular complexity index is 701. The van der Waals surface area contributed by atoms with Crippen LogP contribution < -0.4 is 10.6 Å². The number of amides is 2. The van der Waals surface area contributed by atoms with Gasteiger partial charge in [0, 0.05) is 22.4 Å². The topological polar surface area (TPSA) is 44.4 Å². The summed E-state index contributed by atoms with van der Waals surface area (Å²) in [4.78, 5) is 15.7. The van der Waals surface area contributed by atoms with Crippen LogP contribution >= 0.6 is 23.1 Å². The van der Waals surface area contributed by atoms with Crippen LogP contribution in [0.4, 0.5) is 10.5 Å². The molecule has 2 rings (SSSR count). The number of nitrogens with one attached hydrogen (secondary N) is 2. The predicted octanol–water partition coefficient (Wildman–Crippen LogP) is 5.37. The molecule has 0 fully saturated rings. The highest BCUT2D eigenvalue weighted by Crippen LogP contribution is 2.28. The number of benzene rings is 1. The van der Waals surface area contributed by atoms with Gasteiger partial charge in [0.2, 0.25) is 0 Å². The SMILES string of the molecule is CCC(C)Sc1ccc(NC(=O)NCC(c2ccsc2)N(C)C)c(C)c1. The van der Waals surface area contributed by atoms with Crippen molar-refractivity contribution in [1.82, 2.24) is 10.2 Å². The molecule has 2 N–H and O–H groups in total. The van der Waals surface area contributed by atoms with E-state index >= 15 is 0 Å². The fraction of sp³-hybridized carbons (Fsp3) is 0.450. The number of thiophene rings is 1. The van der Waals surface area contributed by atoms with E-state index in [1.165, 1.54) is 10.5 Å². The maximum atomic E-state index is 12.3. The minimum atomic E-state index is -0.169. The van der Waals surface area contributed by atoms with Gasteiger partial charge in [-0.3, -0.25) is 0 Å². The summed E-state index contributed by atoms with van der Waals surface area (Å²) < 4.78 is 0. The van der Waals surface area contributed by atoms with Crippen molar-refractivity contribution < 1.29 is 4.79 Å². The first-order valence-electron chi connectivity index (χ1n) is 8.91. The summed E-state index contributed by atoms with van der Waals surface area (Å²) in [5, 5.41) is 10.7. The van der Waals surface area contributed by atoms with Crippen LogP contribution in [0.3, 0.4) is 0 Å². The van der Waals surface area contributed by atoms with E-state index in [-0.39, 0.29) is 12.1 Å². The van der Waals surface area contributed by atoms with E-state index in [0.29, 0.717) is 11.8 Å². The fourth-order valence-corrected chi connectivity index (χ4v) is 4.31. The molecule has 6 heteroatoms. The van der Waals surface area contributed by atoms with Crippen LogP contribution in [0.5, 0.6) is 0 Å². The molecule has 142 valence electrons. The van der Waals surface area contributed by atoms with Gasteiger partial charge in [0.15, 0.2) is 0 Å². The lowest BCUT2D eigenvalue weighted by Gasteiger charge is -2.24. The van der Waals surface area contributed by atoms with Gasteiger partial charge in [0.25, 0.3) is 0 Å². The first kappa shape index (κ1) is 20.8. The third-order valence-electron chi connectivity index (χ3n) is 4.37. The molecule has 1 aromatic heterocycles. The summed E-state index contributed by atoms with van der Waals surface area (Å²) in [7, 11) is 4.06. The monoisotopic (exact) mass is 391 g/mol. The highest BCUT2D eigenvalue weighted by molar-refractivity contribution is 7.99. The summed E-state index contributed by atoms with van der Waals surface area (Å²) in [5.41, 5.74) is 3.16. The third-order valence-corrected chi connectivity index (χ3v) is 6.33. The van der Waals surface area contributed by atoms with Crippen molar-refractivity contribution >= 4 is 34.8 Å². The summed E-state index contributed by atoms with van der Waals surface area (Å²) in [6.07, 6.45) is 1.14. The number of nitrogens with zero attached hydrogens (tertiary/aromatic N) is 1. The van der Waals surface area contributed by atoms with E-state index in [1.807, 2.05) is 38.8 Å². The highest BCUT2D eigenvalue weighted by atomic mass is 32.2. The molecule has 4 nitrogen and oxygen atoms in total. The van der Waals surface area contributed by atoms with E-state index in [2.05, 4.69) is 58.3 Å². The van der Waals surface area contributed by atoms with Gasteiger partial charge in [-0.1, -0.05) is 13.8 Å². The van der Waals surface area contributed by atoms with Gasteiger partial charge >= 0.3 is 6.03 Å². The van der Waals surface area contributed by atoms with Crippen molar-refractivity contribution in [3.05, 3.63) is 46.2 Å². The standard InChI is InChI=1S/C20H29N3OS2/c1-6-15(3)26-17-7-8-18(14(2)11-17)22-20(24)21-12-19(23(4)5)16-9-10-25-13-16/h7-11,13,15,19H,6,12H2,1-5H3,(H2,21,22,24). The molecule has 0 spiro atoms. The Hall–Kier alpha value is -1.50. The third kappa shape index (κ3) is 6.04. The van der Waals surface area contributed by atoms with Gasteiger partial charge in [-0.15, -0.1) is 11.8 Å². The number of aryl methyl sites for hydroxylation is 1. The quantitative estimate of drug-likeness (QED) is 0.595. The summed E-state index contributed by atoms with van der Waals surface area (Å²) in [6, 6.07) is 8.31. The van der Waals surface area contributed by atoms with Crippen molar-refractivity contribution in [3.8, 4) is 0 Å². The van der Waals surface area contributed by atoms with Crippen LogP contribution in [0.25, 0.3) is 0 Å². The molecule has 0 saturated carbocycles. The van der Waals surface area contributed by atoms with Crippen molar-refractivity contribution in [2.45, 2.75) is 43.4 Å². The maximum absolute atomic E-state index is 12.3. The number of urea groups is 1. The zero-order valence-electron chi connectivity index (χ0n) is 16.2. The van der Waals surface area contributed by atoms with E-state index in [1.54, 1.807) is 11.3 Å². The second-order valence-corrected chi connectivity index (χ2v) is 8.98. The van der Waals surface area contributed by atoms with Gasteiger partial charge in [-0.25, -0.2) is 4.79 Å². The van der Waals surface area contributed by atoms with Crippen molar-refractivity contribution in [2.75, 3.05) is 26.0 Å². The van der Waals surface area contributed by atoms with Crippen LogP contribution in [-0.2, 0) is 0 Å². The molecule has 0 bridgehead atoms. The minimum Gasteiger partial charge on any atom is -0.336 e. The molecule has 1 aromatic carbocycles. The molecular weight excluding hydrogens is 362 g/mol. The fourth-order valence-electron chi connectivity index (χ4n) is 2.58. The number of anilines is 1. The van der Waals surface area contributed by atoms with Gasteiger partial charge in [0.1, 0.15) is 0 Å². The van der Waals surface area contributed by atoms with E-state index in [9.17, 15) is 4.79 Å². The summed E-state index contributed by atoms with van der Waals surface area (Å²) in [5.74, 6) is 0. The maximum Gasteiger partial charge on any atom is 0.319 e. The van der Waals surface area contributed by atoms with Crippen LogP contribution in [-0.4, -0.2) is 36.8 Å². The molecule has 2 aromatic rings. The Balaban J connectivity index is 1.93. The van der Waals surface area contributed by atoms with E-state index in [4.69, 9.17) is 0 Å². The van der Waals surface area contributed by atoms with E-state index in [0.717, 1.165) is 17.7 Å².